The molecule has 0 bridgehead atoms. The molecule has 2 N–H and O–H groups in total. The average molecular weight is 269 g/mol. The van der Waals surface area contributed by atoms with Gasteiger partial charge in [-0.15, -0.1) is 0 Å². The van der Waals surface area contributed by atoms with Crippen LogP contribution in [0.4, 0.5) is 0 Å². The summed E-state index contributed by atoms with van der Waals surface area (Å²) in [5.41, 5.74) is 5.76. The van der Waals surface area contributed by atoms with E-state index in [1.807, 2.05) is 0 Å². The van der Waals surface area contributed by atoms with Crippen LogP contribution in [0.15, 0.2) is 42.5 Å². The highest BCUT2D eigenvalue weighted by Gasteiger charge is 2.26. The van der Waals surface area contributed by atoms with E-state index in [1.54, 1.807) is 0 Å². The fraction of sp³-hybridized carbons (Fsp3) is 0.444. The van der Waals surface area contributed by atoms with Crippen LogP contribution in [0.5, 0.6) is 5.75 Å². The number of benzene rings is 2. The first kappa shape index (κ1) is 13.4. The van der Waals surface area contributed by atoms with Gasteiger partial charge in [0, 0.05) is 0 Å². The molecule has 1 atom stereocenters. The molecule has 1 unspecified atom stereocenters. The molecular weight excluding hydrogens is 246 g/mol. The third-order valence-electron chi connectivity index (χ3n) is 4.39. The van der Waals surface area contributed by atoms with Gasteiger partial charge in [-0.1, -0.05) is 43.2 Å². The van der Waals surface area contributed by atoms with Gasteiger partial charge in [-0.25, -0.2) is 0 Å². The number of fused-ring (bicyclic) bond motifs is 1. The molecular formula is C18H23NO. The SMILES string of the molecule is NCCC(Oc1ccc2ccccc2c1)C1CCCC1. The number of hydrogen-bond donors (Lipinski definition) is 1. The maximum absolute atomic E-state index is 6.27. The zero-order valence-corrected chi connectivity index (χ0v) is 11.9. The molecule has 0 radical (unpaired) electrons. The van der Waals surface area contributed by atoms with Gasteiger partial charge in [-0.3, -0.25) is 0 Å². The smallest absolute Gasteiger partial charge is 0.120 e. The van der Waals surface area contributed by atoms with Gasteiger partial charge in [-0.2, -0.15) is 0 Å². The molecule has 1 fully saturated rings. The second-order valence-electron chi connectivity index (χ2n) is 5.79. The monoisotopic (exact) mass is 269 g/mol. The minimum absolute atomic E-state index is 0.281. The van der Waals surface area contributed by atoms with Gasteiger partial charge in [0.1, 0.15) is 11.9 Å². The Labute approximate surface area is 120 Å². The molecule has 0 heterocycles. The van der Waals surface area contributed by atoms with Crippen LogP contribution in [0, 0.1) is 5.92 Å². The molecule has 2 nitrogen and oxygen atoms in total. The fourth-order valence-electron chi connectivity index (χ4n) is 3.30. The van der Waals surface area contributed by atoms with Crippen LogP contribution < -0.4 is 10.5 Å². The van der Waals surface area contributed by atoms with Gasteiger partial charge in [0.25, 0.3) is 0 Å². The highest BCUT2D eigenvalue weighted by Crippen LogP contribution is 2.32. The molecule has 0 amide bonds. The summed E-state index contributed by atoms with van der Waals surface area (Å²) in [7, 11) is 0. The van der Waals surface area contributed by atoms with Crippen LogP contribution in [0.25, 0.3) is 10.8 Å². The van der Waals surface area contributed by atoms with Crippen molar-refractivity contribution in [3.63, 3.8) is 0 Å². The van der Waals surface area contributed by atoms with Crippen molar-refractivity contribution in [1.29, 1.82) is 0 Å². The number of nitrogens with two attached hydrogens (primary N) is 1. The highest BCUT2D eigenvalue weighted by atomic mass is 16.5. The minimum atomic E-state index is 0.281. The lowest BCUT2D eigenvalue weighted by molar-refractivity contribution is 0.129. The van der Waals surface area contributed by atoms with Gasteiger partial charge in [0.05, 0.1) is 0 Å². The van der Waals surface area contributed by atoms with Crippen molar-refractivity contribution in [2.75, 3.05) is 6.54 Å². The molecule has 0 spiro atoms. The predicted octanol–water partition coefficient (Wildman–Crippen LogP) is 4.13. The van der Waals surface area contributed by atoms with E-state index in [0.29, 0.717) is 12.5 Å². The van der Waals surface area contributed by atoms with Gasteiger partial charge in [0.15, 0.2) is 0 Å². The number of hydrogen-bond acceptors (Lipinski definition) is 2. The molecule has 106 valence electrons. The van der Waals surface area contributed by atoms with Crippen LogP contribution in [-0.2, 0) is 0 Å². The zero-order valence-electron chi connectivity index (χ0n) is 11.9. The van der Waals surface area contributed by atoms with Gasteiger partial charge >= 0.3 is 0 Å². The Morgan fingerprint density at radius 1 is 1.05 bits per heavy atom. The van der Waals surface area contributed by atoms with Gasteiger partial charge in [-0.05, 0) is 54.6 Å². The lowest BCUT2D eigenvalue weighted by Gasteiger charge is -2.24. The van der Waals surface area contributed by atoms with E-state index in [1.165, 1.54) is 36.5 Å². The first-order valence-electron chi connectivity index (χ1n) is 7.72. The summed E-state index contributed by atoms with van der Waals surface area (Å²) in [6, 6.07) is 14.8. The Morgan fingerprint density at radius 2 is 1.80 bits per heavy atom. The van der Waals surface area contributed by atoms with E-state index in [-0.39, 0.29) is 6.10 Å². The summed E-state index contributed by atoms with van der Waals surface area (Å²) in [6.07, 6.45) is 6.50. The molecule has 0 aliphatic heterocycles. The zero-order chi connectivity index (χ0) is 13.8. The molecule has 2 aromatic rings. The van der Waals surface area contributed by atoms with Crippen LogP contribution in [-0.4, -0.2) is 12.6 Å². The van der Waals surface area contributed by atoms with Gasteiger partial charge in [0.2, 0.25) is 0 Å². The summed E-state index contributed by atoms with van der Waals surface area (Å²) in [5.74, 6) is 1.67. The van der Waals surface area contributed by atoms with Crippen LogP contribution in [0.2, 0.25) is 0 Å². The Balaban J connectivity index is 1.78. The summed E-state index contributed by atoms with van der Waals surface area (Å²) >= 11 is 0. The summed E-state index contributed by atoms with van der Waals surface area (Å²) in [4.78, 5) is 0. The molecule has 20 heavy (non-hydrogen) atoms. The van der Waals surface area contributed by atoms with E-state index in [0.717, 1.165) is 12.2 Å². The quantitative estimate of drug-likeness (QED) is 0.886. The standard InChI is InChI=1S/C18H23NO/c19-12-11-18(15-6-2-3-7-15)20-17-10-9-14-5-1-4-8-16(14)13-17/h1,4-5,8-10,13,15,18H,2-3,6-7,11-12,19H2. The normalized spacial score (nSPS) is 17.4. The van der Waals surface area contributed by atoms with Crippen molar-refractivity contribution in [1.82, 2.24) is 0 Å². The Bertz CT molecular complexity index is 560. The average Bonchev–Trinajstić information content (AvgIpc) is 3.01. The second kappa shape index (κ2) is 6.27. The van der Waals surface area contributed by atoms with E-state index >= 15 is 0 Å². The Morgan fingerprint density at radius 3 is 2.55 bits per heavy atom. The molecule has 3 rings (SSSR count). The molecule has 2 aromatic carbocycles. The minimum Gasteiger partial charge on any atom is -0.490 e. The maximum Gasteiger partial charge on any atom is 0.120 e. The van der Waals surface area contributed by atoms with E-state index in [9.17, 15) is 0 Å². The second-order valence-corrected chi connectivity index (χ2v) is 5.79. The highest BCUT2D eigenvalue weighted by molar-refractivity contribution is 5.83. The van der Waals surface area contributed by atoms with Crippen molar-refractivity contribution in [2.24, 2.45) is 11.7 Å². The van der Waals surface area contributed by atoms with Crippen molar-refractivity contribution in [3.8, 4) is 5.75 Å². The van der Waals surface area contributed by atoms with E-state index in [2.05, 4.69) is 42.5 Å². The van der Waals surface area contributed by atoms with Crippen LogP contribution >= 0.6 is 0 Å². The third-order valence-corrected chi connectivity index (χ3v) is 4.39. The van der Waals surface area contributed by atoms with E-state index in [4.69, 9.17) is 10.5 Å². The maximum atomic E-state index is 6.27. The molecule has 2 heteroatoms. The lowest BCUT2D eigenvalue weighted by Crippen LogP contribution is -2.28. The topological polar surface area (TPSA) is 35.2 Å². The van der Waals surface area contributed by atoms with Crippen LogP contribution in [0.1, 0.15) is 32.1 Å². The number of rotatable bonds is 5. The summed E-state index contributed by atoms with van der Waals surface area (Å²) in [5, 5.41) is 2.50. The molecule has 1 saturated carbocycles. The lowest BCUT2D eigenvalue weighted by atomic mass is 9.98. The molecule has 1 aliphatic carbocycles. The fourth-order valence-corrected chi connectivity index (χ4v) is 3.30. The van der Waals surface area contributed by atoms with Gasteiger partial charge < -0.3 is 10.5 Å². The summed E-state index contributed by atoms with van der Waals surface area (Å²) in [6.45, 7) is 0.703. The predicted molar refractivity (Wildman–Crippen MR) is 84.0 cm³/mol. The first-order valence-corrected chi connectivity index (χ1v) is 7.72. The third kappa shape index (κ3) is 2.96. The van der Waals surface area contributed by atoms with Crippen molar-refractivity contribution in [3.05, 3.63) is 42.5 Å². The van der Waals surface area contributed by atoms with Crippen molar-refractivity contribution in [2.45, 2.75) is 38.2 Å². The van der Waals surface area contributed by atoms with Crippen molar-refractivity contribution < 1.29 is 4.74 Å². The summed E-state index contributed by atoms with van der Waals surface area (Å²) < 4.78 is 6.27. The first-order chi connectivity index (χ1) is 9.86. The van der Waals surface area contributed by atoms with Crippen LogP contribution in [0.3, 0.4) is 0 Å². The Hall–Kier alpha value is -1.54. The molecule has 0 saturated heterocycles. The van der Waals surface area contributed by atoms with Crippen molar-refractivity contribution >= 4 is 10.8 Å². The molecule has 1 aliphatic rings. The number of ether oxygens (including phenoxy) is 1. The Kier molecular flexibility index (Phi) is 4.22. The largest absolute Gasteiger partial charge is 0.490 e. The van der Waals surface area contributed by atoms with E-state index < -0.39 is 0 Å². The molecule has 0 aromatic heterocycles.